The average molecular weight is 484 g/mol. The van der Waals surface area contributed by atoms with Crippen molar-refractivity contribution in [2.24, 2.45) is 0 Å². The van der Waals surface area contributed by atoms with Crippen LogP contribution < -0.4 is 5.32 Å². The van der Waals surface area contributed by atoms with Gasteiger partial charge in [0.1, 0.15) is 5.70 Å². The smallest absolute Gasteiger partial charge is 0.271 e. The van der Waals surface area contributed by atoms with Gasteiger partial charge in [-0.3, -0.25) is 24.0 Å². The van der Waals surface area contributed by atoms with Crippen molar-refractivity contribution in [3.63, 3.8) is 0 Å². The molecule has 1 aliphatic heterocycles. The van der Waals surface area contributed by atoms with Crippen molar-refractivity contribution in [2.75, 3.05) is 7.05 Å². The first-order valence-electron chi connectivity index (χ1n) is 12.0. The number of nitrogens with one attached hydrogen (secondary N) is 1. The number of nitrogens with zero attached hydrogens (tertiary/aromatic N) is 4. The summed E-state index contributed by atoms with van der Waals surface area (Å²) in [5, 5.41) is 8.14. The molecule has 3 amide bonds. The van der Waals surface area contributed by atoms with E-state index in [9.17, 15) is 14.4 Å². The molecule has 0 atom stereocenters. The van der Waals surface area contributed by atoms with Crippen molar-refractivity contribution in [3.05, 3.63) is 78.3 Å². The summed E-state index contributed by atoms with van der Waals surface area (Å²) < 4.78 is 1.93. The van der Waals surface area contributed by atoms with E-state index < -0.39 is 5.91 Å². The van der Waals surface area contributed by atoms with Gasteiger partial charge in [0, 0.05) is 36.3 Å². The highest BCUT2D eigenvalue weighted by atomic mass is 16.2. The molecule has 2 heterocycles. The van der Waals surface area contributed by atoms with Gasteiger partial charge in [-0.2, -0.15) is 5.10 Å². The molecule has 36 heavy (non-hydrogen) atoms. The van der Waals surface area contributed by atoms with Gasteiger partial charge in [0.25, 0.3) is 17.7 Å². The number of hydrogen-bond donors (Lipinski definition) is 1. The Balaban J connectivity index is 1.36. The normalized spacial score (nSPS) is 14.8. The summed E-state index contributed by atoms with van der Waals surface area (Å²) in [5.41, 5.74) is 4.09. The molecule has 3 aromatic rings. The molecule has 0 bridgehead atoms. The third-order valence-electron chi connectivity index (χ3n) is 6.86. The van der Waals surface area contributed by atoms with E-state index in [1.807, 2.05) is 35.1 Å². The number of amides is 3. The van der Waals surface area contributed by atoms with Crippen molar-refractivity contribution >= 4 is 28.6 Å². The van der Waals surface area contributed by atoms with Crippen molar-refractivity contribution in [3.8, 4) is 11.1 Å². The lowest BCUT2D eigenvalue weighted by molar-refractivity contribution is -0.128. The lowest BCUT2D eigenvalue weighted by atomic mass is 9.96. The number of fused-ring (bicyclic) bond motifs is 2. The van der Waals surface area contributed by atoms with Crippen LogP contribution in [0, 0.1) is 0 Å². The van der Waals surface area contributed by atoms with E-state index in [0.717, 1.165) is 40.4 Å². The highest BCUT2D eigenvalue weighted by molar-refractivity contribution is 6.08. The van der Waals surface area contributed by atoms with Gasteiger partial charge in [-0.15, -0.1) is 0 Å². The van der Waals surface area contributed by atoms with Crippen molar-refractivity contribution in [1.29, 1.82) is 0 Å². The Kier molecular flexibility index (Phi) is 5.74. The van der Waals surface area contributed by atoms with Gasteiger partial charge in [-0.1, -0.05) is 31.4 Å². The number of rotatable bonds is 7. The molecular weight excluding hydrogens is 454 g/mol. The topological polar surface area (TPSA) is 87.5 Å². The summed E-state index contributed by atoms with van der Waals surface area (Å²) in [7, 11) is 1.69. The van der Waals surface area contributed by atoms with E-state index in [4.69, 9.17) is 0 Å². The largest absolute Gasteiger partial charge is 0.337 e. The molecule has 0 saturated heterocycles. The van der Waals surface area contributed by atoms with Gasteiger partial charge in [0.2, 0.25) is 0 Å². The fraction of sp³-hybridized carbons (Fsp3) is 0.286. The van der Waals surface area contributed by atoms with E-state index in [0.29, 0.717) is 5.56 Å². The molecule has 1 aliphatic carbocycles. The standard InChI is InChI=1S/C28H29N5O3/c1-16(2)33-14-20-13-19(9-12-25(20)30-33)22-7-6-8-23-24(22)15-32(28(23)36)18(4)26(34)29-17(3)27(35)31(5)21-10-11-21/h6-9,12-14,16,21H,3-4,10-11,15H2,1-2,5H3,(H,29,34). The Morgan fingerprint density at radius 1 is 1.14 bits per heavy atom. The predicted octanol–water partition coefficient (Wildman–Crippen LogP) is 4.00. The van der Waals surface area contributed by atoms with Gasteiger partial charge < -0.3 is 10.2 Å². The molecule has 0 radical (unpaired) electrons. The fourth-order valence-corrected chi connectivity index (χ4v) is 4.52. The van der Waals surface area contributed by atoms with Crippen LogP contribution in [0.15, 0.2) is 67.1 Å². The first-order chi connectivity index (χ1) is 17.2. The van der Waals surface area contributed by atoms with Crippen molar-refractivity contribution < 1.29 is 14.4 Å². The van der Waals surface area contributed by atoms with Gasteiger partial charge in [0.05, 0.1) is 17.8 Å². The van der Waals surface area contributed by atoms with E-state index in [2.05, 4.69) is 43.5 Å². The summed E-state index contributed by atoms with van der Waals surface area (Å²) in [6.45, 7) is 11.9. The first-order valence-corrected chi connectivity index (χ1v) is 12.0. The number of carbonyl (C=O) groups excluding carboxylic acids is 3. The third kappa shape index (κ3) is 4.08. The maximum atomic E-state index is 13.2. The van der Waals surface area contributed by atoms with Crippen LogP contribution in [-0.2, 0) is 16.1 Å². The Hall–Kier alpha value is -4.20. The molecule has 1 saturated carbocycles. The molecule has 184 valence electrons. The van der Waals surface area contributed by atoms with Crippen LogP contribution in [0.3, 0.4) is 0 Å². The summed E-state index contributed by atoms with van der Waals surface area (Å²) in [6.07, 6.45) is 3.92. The van der Waals surface area contributed by atoms with E-state index in [-0.39, 0.29) is 41.8 Å². The zero-order chi connectivity index (χ0) is 25.7. The van der Waals surface area contributed by atoms with Crippen LogP contribution in [0.25, 0.3) is 22.0 Å². The van der Waals surface area contributed by atoms with Gasteiger partial charge in [0.15, 0.2) is 0 Å². The second-order valence-electron chi connectivity index (χ2n) is 9.73. The minimum Gasteiger partial charge on any atom is -0.337 e. The molecule has 8 heteroatoms. The lowest BCUT2D eigenvalue weighted by Gasteiger charge is -2.21. The summed E-state index contributed by atoms with van der Waals surface area (Å²) in [6, 6.07) is 12.1. The highest BCUT2D eigenvalue weighted by Crippen LogP contribution is 2.35. The fourth-order valence-electron chi connectivity index (χ4n) is 4.52. The second kappa shape index (κ2) is 8.78. The van der Waals surface area contributed by atoms with Crippen molar-refractivity contribution in [1.82, 2.24) is 24.9 Å². The van der Waals surface area contributed by atoms with Crippen LogP contribution in [0.1, 0.15) is 48.7 Å². The lowest BCUT2D eigenvalue weighted by Crippen LogP contribution is -2.40. The molecule has 2 aromatic carbocycles. The molecule has 0 spiro atoms. The molecule has 0 unspecified atom stereocenters. The number of aromatic nitrogens is 2. The number of hydrogen-bond acceptors (Lipinski definition) is 4. The first kappa shape index (κ1) is 23.5. The zero-order valence-corrected chi connectivity index (χ0v) is 20.7. The van der Waals surface area contributed by atoms with Crippen LogP contribution in [0.2, 0.25) is 0 Å². The zero-order valence-electron chi connectivity index (χ0n) is 20.7. The Labute approximate surface area is 209 Å². The number of carbonyl (C=O) groups is 3. The van der Waals surface area contributed by atoms with Gasteiger partial charge in [-0.25, -0.2) is 0 Å². The monoisotopic (exact) mass is 483 g/mol. The Morgan fingerprint density at radius 2 is 1.86 bits per heavy atom. The quantitative estimate of drug-likeness (QED) is 0.515. The Morgan fingerprint density at radius 3 is 2.56 bits per heavy atom. The van der Waals surface area contributed by atoms with E-state index >= 15 is 0 Å². The Bertz CT molecular complexity index is 1450. The minimum atomic E-state index is -0.622. The number of likely N-dealkylation sites (N-methyl/N-ethyl adjacent to an activating group) is 1. The van der Waals surface area contributed by atoms with Crippen LogP contribution in [0.4, 0.5) is 0 Å². The summed E-state index contributed by atoms with van der Waals surface area (Å²) in [4.78, 5) is 41.5. The predicted molar refractivity (Wildman–Crippen MR) is 138 cm³/mol. The third-order valence-corrected chi connectivity index (χ3v) is 6.86. The van der Waals surface area contributed by atoms with Gasteiger partial charge in [-0.05, 0) is 61.6 Å². The van der Waals surface area contributed by atoms with E-state index in [1.165, 1.54) is 4.90 Å². The molecule has 8 nitrogen and oxygen atoms in total. The van der Waals surface area contributed by atoms with Crippen LogP contribution >= 0.6 is 0 Å². The molecular formula is C28H29N5O3. The molecule has 2 aliphatic rings. The minimum absolute atomic E-state index is 0.0289. The highest BCUT2D eigenvalue weighted by Gasteiger charge is 2.35. The molecule has 1 N–H and O–H groups in total. The van der Waals surface area contributed by atoms with Crippen molar-refractivity contribution in [2.45, 2.75) is 45.3 Å². The number of benzene rings is 2. The molecule has 1 aromatic heterocycles. The molecule has 1 fully saturated rings. The maximum Gasteiger partial charge on any atom is 0.271 e. The van der Waals surface area contributed by atoms with Crippen LogP contribution in [-0.4, -0.2) is 50.4 Å². The molecule has 5 rings (SSSR count). The van der Waals surface area contributed by atoms with E-state index in [1.54, 1.807) is 18.0 Å². The summed E-state index contributed by atoms with van der Waals surface area (Å²) in [5.74, 6) is -1.26. The van der Waals surface area contributed by atoms with Gasteiger partial charge >= 0.3 is 0 Å². The second-order valence-corrected chi connectivity index (χ2v) is 9.73. The summed E-state index contributed by atoms with van der Waals surface area (Å²) >= 11 is 0. The SMILES string of the molecule is C=C(NC(=O)C(=C)N1Cc2c(cccc2-c2ccc3nn(C(C)C)cc3c2)C1=O)C(=O)N(C)C1CC1. The maximum absolute atomic E-state index is 13.2. The average Bonchev–Trinajstić information content (AvgIpc) is 3.54. The van der Waals surface area contributed by atoms with Crippen LogP contribution in [0.5, 0.6) is 0 Å².